The van der Waals surface area contributed by atoms with Gasteiger partial charge in [0.15, 0.2) is 35.4 Å². The van der Waals surface area contributed by atoms with Gasteiger partial charge >= 0.3 is 13.4 Å². The van der Waals surface area contributed by atoms with E-state index in [0.29, 0.717) is 26.9 Å². The quantitative estimate of drug-likeness (QED) is 0.171. The van der Waals surface area contributed by atoms with Gasteiger partial charge in [-0.1, -0.05) is 186 Å². The lowest BCUT2D eigenvalue weighted by Crippen LogP contribution is -2.75. The van der Waals surface area contributed by atoms with Gasteiger partial charge in [0.25, 0.3) is 6.33 Å². The Kier molecular flexibility index (Phi) is 17.2. The van der Waals surface area contributed by atoms with Crippen LogP contribution in [0, 0.1) is 41.5 Å². The molecule has 10 aliphatic heterocycles. The van der Waals surface area contributed by atoms with E-state index >= 15 is 0 Å². The minimum absolute atomic E-state index is 0.273. The summed E-state index contributed by atoms with van der Waals surface area (Å²) in [4.78, 5) is 26.8. The first-order chi connectivity index (χ1) is 56.2. The molecule has 0 atom stereocenters. The molecule has 0 unspecified atom stereocenters. The van der Waals surface area contributed by atoms with E-state index in [2.05, 4.69) is 319 Å². The number of fused-ring (bicyclic) bond motifs is 20. The molecule has 15 aromatic rings. The van der Waals surface area contributed by atoms with Crippen molar-refractivity contribution >= 4 is 116 Å². The molecule has 6 aromatic carbocycles. The van der Waals surface area contributed by atoms with E-state index in [4.69, 9.17) is 0 Å². The van der Waals surface area contributed by atoms with E-state index < -0.39 is 0 Å². The fraction of sp³-hybridized carbons (Fsp3) is 0.200. The summed E-state index contributed by atoms with van der Waals surface area (Å²) in [6.07, 6.45) is 41.1. The van der Waals surface area contributed by atoms with E-state index in [1.165, 1.54) is 216 Å². The van der Waals surface area contributed by atoms with Gasteiger partial charge in [0, 0.05) is 128 Å². The number of rotatable bonds is 0. The second-order valence-corrected chi connectivity index (χ2v) is 34.2. The summed E-state index contributed by atoms with van der Waals surface area (Å²) in [5.41, 5.74) is 59.2. The number of benzene rings is 6. The van der Waals surface area contributed by atoms with Crippen molar-refractivity contribution < 1.29 is 18.3 Å². The van der Waals surface area contributed by atoms with Crippen LogP contribution in [0.15, 0.2) is 239 Å². The standard InChI is InChI=1S/3C21H18BN.C19H18BN3.C18H17BN4/c1-13-5-3-7-15-9-17-11-23-12-18-10-16-8-4-6-14(2)20(16)22(19(13)15)21(17)18;2*1-13-5-3-6-15-9-16-7-4-8-17-10-18-12-23-11-14(2)20(18)22(19(13)15)21(16)17;1-22-7-3-5-13-9-15-11-21-12-16-10-14-6-4-8-23(2)19(14)20(17(15)16)18(13)22;1-22-5-3-4-12-6-13-8-20-9-14-7-15-10-21-11-23(2)18(15)19(16(13)14)17(12)22/h4*3-8,11-12H,9-10H2,1-2H3;3-5,8-11H,6-7H2,1-2H3/q;;;2*+2. The molecule has 115 heavy (non-hydrogen) atoms. The molecule has 0 saturated carbocycles. The Morgan fingerprint density at radius 3 is 0.722 bits per heavy atom. The molecule has 0 fully saturated rings. The third kappa shape index (κ3) is 11.5. The van der Waals surface area contributed by atoms with Crippen molar-refractivity contribution in [3.63, 3.8) is 0 Å². The molecule has 0 bridgehead atoms. The van der Waals surface area contributed by atoms with Gasteiger partial charge in [-0.15, -0.1) is 0 Å². The highest BCUT2D eigenvalue weighted by Gasteiger charge is 2.50. The van der Waals surface area contributed by atoms with Crippen molar-refractivity contribution in [2.75, 3.05) is 0 Å². The van der Waals surface area contributed by atoms with Gasteiger partial charge in [-0.25, -0.2) is 18.3 Å². The van der Waals surface area contributed by atoms with Crippen LogP contribution in [0.1, 0.15) is 145 Å². The minimum atomic E-state index is 0.273. The largest absolute Gasteiger partial charge is 0.407 e. The minimum Gasteiger partial charge on any atom is -0.264 e. The van der Waals surface area contributed by atoms with Gasteiger partial charge in [-0.05, 0) is 209 Å². The molecule has 550 valence electrons. The molecule has 0 saturated heterocycles. The van der Waals surface area contributed by atoms with Crippen molar-refractivity contribution in [1.82, 2.24) is 29.9 Å². The van der Waals surface area contributed by atoms with Crippen LogP contribution >= 0.6 is 0 Å². The topological polar surface area (TPSA) is 92.9 Å². The first-order valence-electron chi connectivity index (χ1n) is 41.2. The summed E-state index contributed by atoms with van der Waals surface area (Å²) in [5, 5.41) is 0. The van der Waals surface area contributed by atoms with E-state index in [0.717, 1.165) is 64.2 Å². The molecular formula is C100H89B5N10+4. The zero-order valence-electron chi connectivity index (χ0n) is 67.4. The SMILES string of the molecule is C[n+]1cccc2c1B1c3c(cncc3Cc3ccc[n+](C)c31)C2.C[n+]1cccc2c1B1c3c(cncc3Cc3cnc[n+](C)c31)C2.Cc1cccc2c1B1c3c(C)cccc3Cc3cncc(c31)C2.Cc1cccc2c1B1c3c(C)cncc3Cc3cccc(c31)C2.Cc1cccc2c1B1c3c(C)cncc3Cc3cccc(c31)C2. The highest BCUT2D eigenvalue weighted by atomic mass is 15.0. The van der Waals surface area contributed by atoms with Crippen LogP contribution < -0.4 is 101 Å². The lowest BCUT2D eigenvalue weighted by molar-refractivity contribution is -0.660. The summed E-state index contributed by atoms with van der Waals surface area (Å²) in [5.74, 6) is 0. The first kappa shape index (κ1) is 70.8. The van der Waals surface area contributed by atoms with Crippen LogP contribution in [0.3, 0.4) is 0 Å². The molecule has 0 spiro atoms. The Balaban J connectivity index is 0.0000000900. The normalized spacial score (nSPS) is 14.1. The predicted molar refractivity (Wildman–Crippen MR) is 468 cm³/mol. The van der Waals surface area contributed by atoms with Crippen LogP contribution in [0.2, 0.25) is 0 Å². The number of aromatic nitrogens is 10. The van der Waals surface area contributed by atoms with Crippen LogP contribution in [0.25, 0.3) is 0 Å². The van der Waals surface area contributed by atoms with E-state index in [9.17, 15) is 0 Å². The zero-order chi connectivity index (χ0) is 77.8. The maximum absolute atomic E-state index is 4.53. The lowest BCUT2D eigenvalue weighted by atomic mass is 9.29. The number of pyridine rings is 8. The second-order valence-electron chi connectivity index (χ2n) is 34.2. The monoisotopic (exact) mass is 1480 g/mol. The summed E-state index contributed by atoms with van der Waals surface area (Å²) in [7, 11) is 8.60. The second kappa shape index (κ2) is 27.9. The molecule has 10 nitrogen and oxygen atoms in total. The molecule has 0 N–H and O–H groups in total. The Hall–Kier alpha value is -12.1. The van der Waals surface area contributed by atoms with Crippen LogP contribution in [-0.2, 0) is 92.4 Å². The number of hydrogen-bond donors (Lipinski definition) is 0. The van der Waals surface area contributed by atoms with Crippen molar-refractivity contribution in [3.05, 3.63) is 383 Å². The third-order valence-electron chi connectivity index (χ3n) is 27.4. The van der Waals surface area contributed by atoms with Gasteiger partial charge < -0.3 is 0 Å². The van der Waals surface area contributed by atoms with Gasteiger partial charge in [0.05, 0.1) is 12.6 Å². The van der Waals surface area contributed by atoms with Gasteiger partial charge in [0.2, 0.25) is 20.1 Å². The van der Waals surface area contributed by atoms with Gasteiger partial charge in [0.1, 0.15) is 27.3 Å². The Morgan fingerprint density at radius 1 is 0.191 bits per heavy atom. The molecule has 9 aromatic heterocycles. The molecule has 25 rings (SSSR count). The molecule has 0 aliphatic carbocycles. The Morgan fingerprint density at radius 2 is 0.400 bits per heavy atom. The van der Waals surface area contributed by atoms with E-state index in [1.807, 2.05) is 37.3 Å². The summed E-state index contributed by atoms with van der Waals surface area (Å²) >= 11 is 0. The van der Waals surface area contributed by atoms with Crippen molar-refractivity contribution in [1.29, 1.82) is 0 Å². The predicted octanol–water partition coefficient (Wildman–Crippen LogP) is 3.57. The highest BCUT2D eigenvalue weighted by Crippen LogP contribution is 2.30. The molecule has 19 heterocycles. The molecule has 0 radical (unpaired) electrons. The summed E-state index contributed by atoms with van der Waals surface area (Å²) in [6, 6.07) is 53.9. The molecule has 15 heteroatoms. The summed E-state index contributed by atoms with van der Waals surface area (Å²) in [6.45, 7) is 15.2. The van der Waals surface area contributed by atoms with Gasteiger partial charge in [-0.3, -0.25) is 24.9 Å². The average Bonchev–Trinajstić information content (AvgIpc) is 0.747. The molecular weight excluding hydrogens is 1400 g/mol. The van der Waals surface area contributed by atoms with Gasteiger partial charge in [-0.2, -0.15) is 0 Å². The lowest BCUT2D eigenvalue weighted by Gasteiger charge is -2.35. The summed E-state index contributed by atoms with van der Waals surface area (Å²) < 4.78 is 9.07. The van der Waals surface area contributed by atoms with Crippen LogP contribution in [0.4, 0.5) is 0 Å². The van der Waals surface area contributed by atoms with Crippen molar-refractivity contribution in [3.8, 4) is 0 Å². The fourth-order valence-corrected chi connectivity index (χ4v) is 22.9. The molecule has 0 amide bonds. The number of hydrogen-bond acceptors (Lipinski definition) is 6. The first-order valence-corrected chi connectivity index (χ1v) is 41.2. The zero-order valence-corrected chi connectivity index (χ0v) is 67.4. The smallest absolute Gasteiger partial charge is 0.264 e. The van der Waals surface area contributed by atoms with Crippen molar-refractivity contribution in [2.24, 2.45) is 28.2 Å². The number of nitrogens with zero attached hydrogens (tertiary/aromatic N) is 10. The Labute approximate surface area is 677 Å². The van der Waals surface area contributed by atoms with E-state index in [-0.39, 0.29) is 6.71 Å². The molecule has 10 aliphatic rings. The van der Waals surface area contributed by atoms with Crippen LogP contribution in [-0.4, -0.2) is 63.5 Å². The van der Waals surface area contributed by atoms with Crippen LogP contribution in [0.5, 0.6) is 0 Å². The van der Waals surface area contributed by atoms with E-state index in [1.54, 1.807) is 10.9 Å². The number of aryl methyl sites for hydroxylation is 10. The van der Waals surface area contributed by atoms with Crippen molar-refractivity contribution in [2.45, 2.75) is 106 Å². The highest BCUT2D eigenvalue weighted by molar-refractivity contribution is 6.99. The fourth-order valence-electron chi connectivity index (χ4n) is 22.9. The maximum atomic E-state index is 4.53. The Bertz CT molecular complexity index is 5200. The average molecular weight is 1480 g/mol. The third-order valence-corrected chi connectivity index (χ3v) is 27.4. The maximum Gasteiger partial charge on any atom is 0.407 e.